The molecule has 2 rings (SSSR count). The lowest BCUT2D eigenvalue weighted by Crippen LogP contribution is -2.27. The van der Waals surface area contributed by atoms with Gasteiger partial charge < -0.3 is 5.32 Å². The summed E-state index contributed by atoms with van der Waals surface area (Å²) in [5.41, 5.74) is -0.539. The topological polar surface area (TPSA) is 42.0 Å². The zero-order valence-electron chi connectivity index (χ0n) is 12.2. The Balaban J connectivity index is 2.00. The average Bonchev–Trinajstić information content (AvgIpc) is 2.48. The van der Waals surface area contributed by atoms with Gasteiger partial charge in [0.2, 0.25) is 0 Å². The maximum atomic E-state index is 13.4. The molecule has 0 spiro atoms. The van der Waals surface area contributed by atoms with E-state index in [0.29, 0.717) is 5.56 Å². The molecule has 23 heavy (non-hydrogen) atoms. The number of pyridine rings is 1. The molecule has 0 saturated heterocycles. The van der Waals surface area contributed by atoms with Crippen LogP contribution in [0.2, 0.25) is 0 Å². The third-order valence-electron chi connectivity index (χ3n) is 3.26. The molecular weight excluding hydrogens is 312 g/mol. The summed E-state index contributed by atoms with van der Waals surface area (Å²) in [6.07, 6.45) is -4.27. The normalized spacial score (nSPS) is 11.3. The Morgan fingerprint density at radius 2 is 1.87 bits per heavy atom. The zero-order valence-corrected chi connectivity index (χ0v) is 12.2. The summed E-state index contributed by atoms with van der Waals surface area (Å²) in [6, 6.07) is 8.02. The van der Waals surface area contributed by atoms with Gasteiger partial charge in [-0.3, -0.25) is 4.79 Å². The van der Waals surface area contributed by atoms with Gasteiger partial charge in [0.05, 0.1) is 11.3 Å². The smallest absolute Gasteiger partial charge is 0.352 e. The van der Waals surface area contributed by atoms with Crippen molar-refractivity contribution in [2.45, 2.75) is 19.5 Å². The monoisotopic (exact) mass is 326 g/mol. The summed E-state index contributed by atoms with van der Waals surface area (Å²) in [7, 11) is 0. The van der Waals surface area contributed by atoms with Crippen molar-refractivity contribution >= 4 is 5.91 Å². The minimum Gasteiger partial charge on any atom is -0.352 e. The number of aromatic nitrogens is 1. The fraction of sp³-hybridized carbons (Fsp3) is 0.250. The Morgan fingerprint density at radius 1 is 1.17 bits per heavy atom. The van der Waals surface area contributed by atoms with E-state index >= 15 is 0 Å². The Kier molecular flexibility index (Phi) is 4.98. The van der Waals surface area contributed by atoms with E-state index < -0.39 is 17.8 Å². The molecule has 1 aromatic heterocycles. The molecule has 0 aliphatic heterocycles. The van der Waals surface area contributed by atoms with Crippen molar-refractivity contribution in [2.24, 2.45) is 0 Å². The maximum absolute atomic E-state index is 13.4. The maximum Gasteiger partial charge on any atom is 0.433 e. The van der Waals surface area contributed by atoms with Gasteiger partial charge in [-0.25, -0.2) is 9.37 Å². The summed E-state index contributed by atoms with van der Waals surface area (Å²) >= 11 is 0. The van der Waals surface area contributed by atoms with Crippen LogP contribution in [0.1, 0.15) is 27.3 Å². The fourth-order valence-corrected chi connectivity index (χ4v) is 2.07. The Bertz CT molecular complexity index is 713. The molecule has 0 radical (unpaired) electrons. The molecule has 1 amide bonds. The molecule has 1 heterocycles. The predicted octanol–water partition coefficient (Wildman–Crippen LogP) is 3.52. The molecule has 3 nitrogen and oxygen atoms in total. The number of benzene rings is 1. The lowest BCUT2D eigenvalue weighted by molar-refractivity contribution is -0.141. The number of carbonyl (C=O) groups excluding carboxylic acids is 1. The lowest BCUT2D eigenvalue weighted by Gasteiger charge is -2.10. The highest BCUT2D eigenvalue weighted by atomic mass is 19.4. The van der Waals surface area contributed by atoms with E-state index in [1.54, 1.807) is 18.2 Å². The molecule has 1 N–H and O–H groups in total. The fourth-order valence-electron chi connectivity index (χ4n) is 2.07. The number of hydrogen-bond donors (Lipinski definition) is 1. The van der Waals surface area contributed by atoms with Crippen LogP contribution < -0.4 is 5.32 Å². The first kappa shape index (κ1) is 16.9. The van der Waals surface area contributed by atoms with Crippen molar-refractivity contribution in [3.05, 3.63) is 64.7 Å². The second kappa shape index (κ2) is 6.76. The molecule has 0 aliphatic carbocycles. The van der Waals surface area contributed by atoms with Crippen LogP contribution in [-0.2, 0) is 12.6 Å². The first-order valence-electron chi connectivity index (χ1n) is 6.85. The van der Waals surface area contributed by atoms with Crippen LogP contribution in [0, 0.1) is 12.7 Å². The van der Waals surface area contributed by atoms with E-state index in [-0.39, 0.29) is 30.0 Å². The number of nitrogens with zero attached hydrogens (tertiary/aromatic N) is 1. The summed E-state index contributed by atoms with van der Waals surface area (Å²) < 4.78 is 51.0. The zero-order chi connectivity index (χ0) is 17.0. The number of hydrogen-bond acceptors (Lipinski definition) is 2. The van der Waals surface area contributed by atoms with E-state index in [0.717, 1.165) is 12.1 Å². The van der Waals surface area contributed by atoms with Gasteiger partial charge in [-0.05, 0) is 37.1 Å². The van der Waals surface area contributed by atoms with Crippen LogP contribution in [-0.4, -0.2) is 17.4 Å². The number of aryl methyl sites for hydroxylation is 1. The first-order valence-corrected chi connectivity index (χ1v) is 6.85. The van der Waals surface area contributed by atoms with Crippen LogP contribution in [0.25, 0.3) is 0 Å². The molecule has 7 heteroatoms. The van der Waals surface area contributed by atoms with Crippen molar-refractivity contribution in [2.75, 3.05) is 6.54 Å². The first-order chi connectivity index (χ1) is 10.8. The number of halogens is 4. The van der Waals surface area contributed by atoms with Gasteiger partial charge in [-0.2, -0.15) is 13.2 Å². The van der Waals surface area contributed by atoms with Crippen molar-refractivity contribution in [1.82, 2.24) is 10.3 Å². The van der Waals surface area contributed by atoms with E-state index in [1.165, 1.54) is 13.0 Å². The predicted molar refractivity (Wildman–Crippen MR) is 76.4 cm³/mol. The molecule has 1 aromatic carbocycles. The second-order valence-corrected chi connectivity index (χ2v) is 4.92. The van der Waals surface area contributed by atoms with Gasteiger partial charge in [0.25, 0.3) is 5.91 Å². The summed E-state index contributed by atoms with van der Waals surface area (Å²) in [6.45, 7) is 1.50. The third kappa shape index (κ3) is 4.28. The summed E-state index contributed by atoms with van der Waals surface area (Å²) in [4.78, 5) is 15.4. The van der Waals surface area contributed by atoms with Gasteiger partial charge in [0, 0.05) is 6.54 Å². The van der Waals surface area contributed by atoms with Crippen molar-refractivity contribution in [1.29, 1.82) is 0 Å². The molecule has 0 bridgehead atoms. The number of alkyl halides is 3. The molecule has 0 atom stereocenters. The van der Waals surface area contributed by atoms with Gasteiger partial charge in [-0.1, -0.05) is 18.2 Å². The van der Waals surface area contributed by atoms with Gasteiger partial charge in [0.1, 0.15) is 11.5 Å². The van der Waals surface area contributed by atoms with Crippen LogP contribution in [0.15, 0.2) is 36.4 Å². The van der Waals surface area contributed by atoms with E-state index in [1.807, 2.05) is 0 Å². The molecule has 2 aromatic rings. The van der Waals surface area contributed by atoms with Gasteiger partial charge >= 0.3 is 6.18 Å². The number of rotatable bonds is 4. The third-order valence-corrected chi connectivity index (χ3v) is 3.26. The molecular formula is C16H14F4N2O. The van der Waals surface area contributed by atoms with Crippen molar-refractivity contribution < 1.29 is 22.4 Å². The summed E-state index contributed by atoms with van der Waals surface area (Å²) in [5.74, 6) is -0.908. The quantitative estimate of drug-likeness (QED) is 0.874. The second-order valence-electron chi connectivity index (χ2n) is 4.92. The van der Waals surface area contributed by atoms with Gasteiger partial charge in [0.15, 0.2) is 0 Å². The number of carbonyl (C=O) groups is 1. The largest absolute Gasteiger partial charge is 0.433 e. The van der Waals surface area contributed by atoms with Crippen LogP contribution >= 0.6 is 0 Å². The Hall–Kier alpha value is -2.44. The van der Waals surface area contributed by atoms with Crippen molar-refractivity contribution in [3.63, 3.8) is 0 Å². The minimum absolute atomic E-state index is 0.0109. The van der Waals surface area contributed by atoms with Crippen LogP contribution in [0.5, 0.6) is 0 Å². The van der Waals surface area contributed by atoms with Crippen LogP contribution in [0.4, 0.5) is 17.6 Å². The Labute approximate surface area is 130 Å². The highest BCUT2D eigenvalue weighted by Gasteiger charge is 2.33. The number of nitrogens with one attached hydrogen (secondary N) is 1. The van der Waals surface area contributed by atoms with Gasteiger partial charge in [-0.15, -0.1) is 0 Å². The number of amides is 1. The van der Waals surface area contributed by atoms with Crippen LogP contribution in [0.3, 0.4) is 0 Å². The highest BCUT2D eigenvalue weighted by Crippen LogP contribution is 2.28. The molecule has 0 unspecified atom stereocenters. The molecule has 0 aliphatic rings. The lowest BCUT2D eigenvalue weighted by atomic mass is 10.1. The van der Waals surface area contributed by atoms with E-state index in [4.69, 9.17) is 0 Å². The Morgan fingerprint density at radius 3 is 2.48 bits per heavy atom. The highest BCUT2D eigenvalue weighted by molar-refractivity contribution is 5.95. The minimum atomic E-state index is -4.55. The molecule has 0 saturated carbocycles. The molecule has 0 fully saturated rings. The van der Waals surface area contributed by atoms with E-state index in [2.05, 4.69) is 10.3 Å². The standard InChI is InChI=1S/C16H14F4N2O/c1-10-12(6-7-14(22-10)16(18,19)20)15(23)21-9-8-11-4-2-3-5-13(11)17/h2-7H,8-9H2,1H3,(H,21,23). The SMILES string of the molecule is Cc1nc(C(F)(F)F)ccc1C(=O)NCCc1ccccc1F. The van der Waals surface area contributed by atoms with Crippen molar-refractivity contribution in [3.8, 4) is 0 Å². The molecule has 122 valence electrons. The average molecular weight is 326 g/mol. The summed E-state index contributed by atoms with van der Waals surface area (Å²) in [5, 5.41) is 2.55. The van der Waals surface area contributed by atoms with E-state index in [9.17, 15) is 22.4 Å².